The molecule has 2 heterocycles. The van der Waals surface area contributed by atoms with Gasteiger partial charge in [0, 0.05) is 49.7 Å². The Labute approximate surface area is 178 Å². The molecule has 6 nitrogen and oxygen atoms in total. The van der Waals surface area contributed by atoms with Gasteiger partial charge in [-0.05, 0) is 61.9 Å². The Morgan fingerprint density at radius 3 is 2.63 bits per heavy atom. The number of carbonyl (C=O) groups is 2. The Hall–Kier alpha value is -3.02. The molecule has 158 valence electrons. The summed E-state index contributed by atoms with van der Waals surface area (Å²) in [7, 11) is 0. The fourth-order valence-electron chi connectivity index (χ4n) is 4.43. The Bertz CT molecular complexity index is 906. The molecule has 2 aromatic carbocycles. The molecular formula is C24H30N4O2. The van der Waals surface area contributed by atoms with E-state index in [0.717, 1.165) is 45.4 Å². The van der Waals surface area contributed by atoms with Crippen molar-refractivity contribution in [3.05, 3.63) is 59.7 Å². The van der Waals surface area contributed by atoms with Crippen molar-refractivity contribution in [1.29, 1.82) is 0 Å². The van der Waals surface area contributed by atoms with Crippen LogP contribution < -0.4 is 15.5 Å². The lowest BCUT2D eigenvalue weighted by molar-refractivity contribution is 0.0955. The SMILES string of the molecule is CCNC(=O)c1cccc(NC(=O)N2CCC(CN3CCc4ccccc43)CC2)c1. The van der Waals surface area contributed by atoms with Gasteiger partial charge in [0.1, 0.15) is 0 Å². The summed E-state index contributed by atoms with van der Waals surface area (Å²) in [6.45, 7) is 6.16. The zero-order valence-electron chi connectivity index (χ0n) is 17.6. The Kier molecular flexibility index (Phi) is 6.21. The van der Waals surface area contributed by atoms with Crippen LogP contribution in [-0.2, 0) is 6.42 Å². The summed E-state index contributed by atoms with van der Waals surface area (Å²) >= 11 is 0. The highest BCUT2D eigenvalue weighted by Crippen LogP contribution is 2.30. The fraction of sp³-hybridized carbons (Fsp3) is 0.417. The number of para-hydroxylation sites is 1. The minimum Gasteiger partial charge on any atom is -0.371 e. The highest BCUT2D eigenvalue weighted by molar-refractivity contribution is 5.96. The van der Waals surface area contributed by atoms with Crippen LogP contribution in [-0.4, -0.2) is 49.6 Å². The number of likely N-dealkylation sites (tertiary alicyclic amines) is 1. The number of fused-ring (bicyclic) bond motifs is 1. The molecule has 3 amide bonds. The first kappa shape index (κ1) is 20.3. The molecule has 0 bridgehead atoms. The fourth-order valence-corrected chi connectivity index (χ4v) is 4.43. The van der Waals surface area contributed by atoms with Crippen molar-refractivity contribution in [3.63, 3.8) is 0 Å². The van der Waals surface area contributed by atoms with E-state index in [-0.39, 0.29) is 11.9 Å². The number of hydrogen-bond acceptors (Lipinski definition) is 3. The van der Waals surface area contributed by atoms with Gasteiger partial charge in [-0.1, -0.05) is 24.3 Å². The Balaban J connectivity index is 1.28. The van der Waals surface area contributed by atoms with E-state index in [2.05, 4.69) is 39.8 Å². The van der Waals surface area contributed by atoms with Crippen molar-refractivity contribution >= 4 is 23.3 Å². The number of carbonyl (C=O) groups excluding carboxylic acids is 2. The van der Waals surface area contributed by atoms with Crippen LogP contribution in [0.3, 0.4) is 0 Å². The maximum atomic E-state index is 12.7. The number of piperidine rings is 1. The number of nitrogens with one attached hydrogen (secondary N) is 2. The van der Waals surface area contributed by atoms with E-state index in [1.54, 1.807) is 18.2 Å². The quantitative estimate of drug-likeness (QED) is 0.795. The highest BCUT2D eigenvalue weighted by Gasteiger charge is 2.27. The van der Waals surface area contributed by atoms with Gasteiger partial charge in [0.2, 0.25) is 0 Å². The summed E-state index contributed by atoms with van der Waals surface area (Å²) in [4.78, 5) is 29.1. The lowest BCUT2D eigenvalue weighted by Gasteiger charge is -2.34. The van der Waals surface area contributed by atoms with Crippen LogP contribution in [0.25, 0.3) is 0 Å². The maximum absolute atomic E-state index is 12.7. The molecule has 2 aromatic rings. The number of hydrogen-bond donors (Lipinski definition) is 2. The van der Waals surface area contributed by atoms with Gasteiger partial charge in [0.25, 0.3) is 5.91 Å². The van der Waals surface area contributed by atoms with E-state index in [4.69, 9.17) is 0 Å². The van der Waals surface area contributed by atoms with Crippen LogP contribution in [0, 0.1) is 5.92 Å². The van der Waals surface area contributed by atoms with E-state index < -0.39 is 0 Å². The number of anilines is 2. The van der Waals surface area contributed by atoms with Crippen molar-refractivity contribution in [2.45, 2.75) is 26.2 Å². The lowest BCUT2D eigenvalue weighted by Crippen LogP contribution is -2.43. The molecule has 0 aliphatic carbocycles. The molecule has 1 saturated heterocycles. The monoisotopic (exact) mass is 406 g/mol. The number of benzene rings is 2. The third-order valence-electron chi connectivity index (χ3n) is 6.08. The summed E-state index contributed by atoms with van der Waals surface area (Å²) in [5.41, 5.74) is 4.03. The summed E-state index contributed by atoms with van der Waals surface area (Å²) in [6, 6.07) is 15.7. The van der Waals surface area contributed by atoms with Crippen LogP contribution >= 0.6 is 0 Å². The van der Waals surface area contributed by atoms with Gasteiger partial charge in [0.15, 0.2) is 0 Å². The molecule has 0 atom stereocenters. The first-order valence-electron chi connectivity index (χ1n) is 10.9. The van der Waals surface area contributed by atoms with Crippen LogP contribution in [0.5, 0.6) is 0 Å². The van der Waals surface area contributed by atoms with E-state index in [0.29, 0.717) is 23.7 Å². The first-order chi connectivity index (χ1) is 14.6. The van der Waals surface area contributed by atoms with Gasteiger partial charge < -0.3 is 20.4 Å². The first-order valence-corrected chi connectivity index (χ1v) is 10.9. The molecule has 2 aliphatic rings. The van der Waals surface area contributed by atoms with Crippen LogP contribution in [0.2, 0.25) is 0 Å². The third kappa shape index (κ3) is 4.58. The zero-order chi connectivity index (χ0) is 20.9. The second-order valence-corrected chi connectivity index (χ2v) is 8.13. The maximum Gasteiger partial charge on any atom is 0.321 e. The van der Waals surface area contributed by atoms with Gasteiger partial charge in [-0.3, -0.25) is 4.79 Å². The average Bonchev–Trinajstić information content (AvgIpc) is 3.17. The molecule has 0 spiro atoms. The molecule has 0 unspecified atom stereocenters. The Morgan fingerprint density at radius 2 is 1.83 bits per heavy atom. The van der Waals surface area contributed by atoms with Crippen molar-refractivity contribution < 1.29 is 9.59 Å². The van der Waals surface area contributed by atoms with Crippen LogP contribution in [0.4, 0.5) is 16.2 Å². The molecule has 6 heteroatoms. The minimum atomic E-state index is -0.127. The topological polar surface area (TPSA) is 64.7 Å². The average molecular weight is 407 g/mol. The van der Waals surface area contributed by atoms with Crippen molar-refractivity contribution in [3.8, 4) is 0 Å². The zero-order valence-corrected chi connectivity index (χ0v) is 17.6. The summed E-state index contributed by atoms with van der Waals surface area (Å²) in [6.07, 6.45) is 3.17. The van der Waals surface area contributed by atoms with E-state index in [1.807, 2.05) is 17.9 Å². The molecule has 2 aliphatic heterocycles. The van der Waals surface area contributed by atoms with Crippen LogP contribution in [0.15, 0.2) is 48.5 Å². The second kappa shape index (κ2) is 9.20. The third-order valence-corrected chi connectivity index (χ3v) is 6.08. The standard InChI is InChI=1S/C24H30N4O2/c1-2-25-23(29)20-7-5-8-21(16-20)26-24(30)27-13-10-18(11-14-27)17-28-15-12-19-6-3-4-9-22(19)28/h3-9,16,18H,2,10-15,17H2,1H3,(H,25,29)(H,26,30). The molecular weight excluding hydrogens is 376 g/mol. The van der Waals surface area contributed by atoms with Gasteiger partial charge in [-0.25, -0.2) is 4.79 Å². The molecule has 4 rings (SSSR count). The number of nitrogens with zero attached hydrogens (tertiary/aromatic N) is 2. The molecule has 2 N–H and O–H groups in total. The van der Waals surface area contributed by atoms with E-state index >= 15 is 0 Å². The normalized spacial score (nSPS) is 16.3. The second-order valence-electron chi connectivity index (χ2n) is 8.13. The van der Waals surface area contributed by atoms with Crippen molar-refractivity contribution in [1.82, 2.24) is 10.2 Å². The summed E-state index contributed by atoms with van der Waals surface area (Å²) < 4.78 is 0. The Morgan fingerprint density at radius 1 is 1.03 bits per heavy atom. The van der Waals surface area contributed by atoms with Gasteiger partial charge in [-0.2, -0.15) is 0 Å². The molecule has 1 fully saturated rings. The van der Waals surface area contributed by atoms with E-state index in [9.17, 15) is 9.59 Å². The van der Waals surface area contributed by atoms with Crippen molar-refractivity contribution in [2.75, 3.05) is 42.9 Å². The number of amides is 3. The van der Waals surface area contributed by atoms with Gasteiger partial charge in [0.05, 0.1) is 0 Å². The molecule has 0 saturated carbocycles. The minimum absolute atomic E-state index is 0.0898. The largest absolute Gasteiger partial charge is 0.371 e. The summed E-state index contributed by atoms with van der Waals surface area (Å²) in [5.74, 6) is 0.485. The van der Waals surface area contributed by atoms with Gasteiger partial charge >= 0.3 is 6.03 Å². The molecule has 0 aromatic heterocycles. The van der Waals surface area contributed by atoms with Gasteiger partial charge in [-0.15, -0.1) is 0 Å². The lowest BCUT2D eigenvalue weighted by atomic mass is 9.96. The highest BCUT2D eigenvalue weighted by atomic mass is 16.2. The smallest absolute Gasteiger partial charge is 0.321 e. The van der Waals surface area contributed by atoms with Crippen LogP contribution in [0.1, 0.15) is 35.7 Å². The summed E-state index contributed by atoms with van der Waals surface area (Å²) in [5, 5.41) is 5.73. The number of rotatable bonds is 5. The van der Waals surface area contributed by atoms with Crippen molar-refractivity contribution in [2.24, 2.45) is 5.92 Å². The predicted molar refractivity (Wildman–Crippen MR) is 120 cm³/mol. The van der Waals surface area contributed by atoms with E-state index in [1.165, 1.54) is 11.3 Å². The molecule has 0 radical (unpaired) electrons. The number of urea groups is 1. The molecule has 30 heavy (non-hydrogen) atoms. The predicted octanol–water partition coefficient (Wildman–Crippen LogP) is 3.74.